The molecule has 0 aliphatic rings. The number of carbonyl (C=O) groups is 1. The zero-order valence-corrected chi connectivity index (χ0v) is 10.8. The fraction of sp³-hybridized carbons (Fsp3) is 0.462. The van der Waals surface area contributed by atoms with Gasteiger partial charge in [-0.1, -0.05) is 32.9 Å². The minimum absolute atomic E-state index is 0.00963. The van der Waals surface area contributed by atoms with E-state index in [9.17, 15) is 4.79 Å². The average Bonchev–Trinajstić information content (AvgIpc) is 2.26. The van der Waals surface area contributed by atoms with Crippen LogP contribution in [-0.2, 0) is 10.2 Å². The van der Waals surface area contributed by atoms with Crippen LogP contribution in [0.5, 0.6) is 5.75 Å². The molecule has 0 aliphatic carbocycles. The highest BCUT2D eigenvalue weighted by Gasteiger charge is 2.13. The summed E-state index contributed by atoms with van der Waals surface area (Å²) in [5.41, 5.74) is 6.36. The Morgan fingerprint density at radius 2 is 1.82 bits per heavy atom. The van der Waals surface area contributed by atoms with Crippen LogP contribution in [0.25, 0.3) is 0 Å². The first-order valence-corrected chi connectivity index (χ1v) is 5.62. The van der Waals surface area contributed by atoms with Gasteiger partial charge >= 0.3 is 0 Å². The normalized spacial score (nSPS) is 11.1. The second-order valence-electron chi connectivity index (χ2n) is 4.86. The van der Waals surface area contributed by atoms with E-state index in [4.69, 9.17) is 4.74 Å². The van der Waals surface area contributed by atoms with Crippen LogP contribution in [0.1, 0.15) is 26.3 Å². The molecular formula is C13H20N2O2. The molecule has 1 rings (SSSR count). The molecule has 1 amide bonds. The maximum atomic E-state index is 11.1. The predicted octanol–water partition coefficient (Wildman–Crippen LogP) is 1.61. The van der Waals surface area contributed by atoms with Gasteiger partial charge in [0.2, 0.25) is 0 Å². The number of amides is 1. The van der Waals surface area contributed by atoms with E-state index >= 15 is 0 Å². The van der Waals surface area contributed by atoms with E-state index in [0.717, 1.165) is 0 Å². The first-order valence-electron chi connectivity index (χ1n) is 5.62. The Bertz CT molecular complexity index is 366. The minimum atomic E-state index is -0.201. The Morgan fingerprint density at radius 1 is 1.24 bits per heavy atom. The summed E-state index contributed by atoms with van der Waals surface area (Å²) in [6, 6.07) is 7.80. The van der Waals surface area contributed by atoms with Crippen LogP contribution in [0.15, 0.2) is 24.3 Å². The third-order valence-corrected chi connectivity index (χ3v) is 2.35. The highest BCUT2D eigenvalue weighted by atomic mass is 16.5. The first-order chi connectivity index (χ1) is 7.93. The quantitative estimate of drug-likeness (QED) is 0.781. The van der Waals surface area contributed by atoms with Gasteiger partial charge in [0.15, 0.2) is 6.61 Å². The monoisotopic (exact) mass is 236 g/mol. The van der Waals surface area contributed by atoms with Gasteiger partial charge in [-0.3, -0.25) is 10.2 Å². The molecule has 0 bridgehead atoms. The number of nitrogens with one attached hydrogen (secondary N) is 2. The Hall–Kier alpha value is -1.55. The first kappa shape index (κ1) is 13.5. The van der Waals surface area contributed by atoms with E-state index < -0.39 is 0 Å². The van der Waals surface area contributed by atoms with Gasteiger partial charge in [-0.25, -0.2) is 5.43 Å². The van der Waals surface area contributed by atoms with Crippen molar-refractivity contribution in [2.45, 2.75) is 26.2 Å². The summed E-state index contributed by atoms with van der Waals surface area (Å²) in [7, 11) is 1.63. The summed E-state index contributed by atoms with van der Waals surface area (Å²) in [6.07, 6.45) is 0. The summed E-state index contributed by atoms with van der Waals surface area (Å²) >= 11 is 0. The van der Waals surface area contributed by atoms with Gasteiger partial charge in [0.1, 0.15) is 5.75 Å². The van der Waals surface area contributed by atoms with Crippen LogP contribution in [0.2, 0.25) is 0 Å². The molecule has 1 aromatic carbocycles. The zero-order valence-electron chi connectivity index (χ0n) is 10.8. The molecule has 0 spiro atoms. The topological polar surface area (TPSA) is 50.4 Å². The lowest BCUT2D eigenvalue weighted by Crippen LogP contribution is -2.37. The maximum absolute atomic E-state index is 11.1. The molecule has 0 heterocycles. The molecule has 2 N–H and O–H groups in total. The number of hydrazine groups is 1. The molecule has 0 atom stereocenters. The Morgan fingerprint density at radius 3 is 2.29 bits per heavy atom. The Balaban J connectivity index is 2.54. The smallest absolute Gasteiger partial charge is 0.271 e. The van der Waals surface area contributed by atoms with Crippen LogP contribution in [0, 0.1) is 0 Å². The molecule has 1 aromatic rings. The van der Waals surface area contributed by atoms with Gasteiger partial charge in [-0.2, -0.15) is 0 Å². The molecule has 0 saturated heterocycles. The molecule has 0 fully saturated rings. The van der Waals surface area contributed by atoms with E-state index in [2.05, 4.69) is 31.6 Å². The van der Waals surface area contributed by atoms with Crippen LogP contribution in [-0.4, -0.2) is 19.6 Å². The highest BCUT2D eigenvalue weighted by molar-refractivity contribution is 5.76. The van der Waals surface area contributed by atoms with Crippen molar-refractivity contribution in [1.82, 2.24) is 10.9 Å². The summed E-state index contributed by atoms with van der Waals surface area (Å²) < 4.78 is 5.34. The number of hydrogen-bond donors (Lipinski definition) is 2. The molecule has 0 aromatic heterocycles. The van der Waals surface area contributed by atoms with Gasteiger partial charge in [0, 0.05) is 7.05 Å². The molecule has 4 heteroatoms. The molecule has 17 heavy (non-hydrogen) atoms. The van der Waals surface area contributed by atoms with E-state index in [1.165, 1.54) is 5.56 Å². The lowest BCUT2D eigenvalue weighted by molar-refractivity contribution is -0.123. The molecule has 94 valence electrons. The SMILES string of the molecule is CNNC(=O)COc1ccc(C(C)(C)C)cc1. The van der Waals surface area contributed by atoms with E-state index in [0.29, 0.717) is 5.75 Å². The number of carbonyl (C=O) groups excluding carboxylic acids is 1. The van der Waals surface area contributed by atoms with Crippen LogP contribution >= 0.6 is 0 Å². The van der Waals surface area contributed by atoms with E-state index in [1.54, 1.807) is 7.05 Å². The van der Waals surface area contributed by atoms with Crippen molar-refractivity contribution in [3.8, 4) is 5.75 Å². The minimum Gasteiger partial charge on any atom is -0.484 e. The Kier molecular flexibility index (Phi) is 4.52. The number of hydrogen-bond acceptors (Lipinski definition) is 3. The standard InChI is InChI=1S/C13H20N2O2/c1-13(2,3)10-5-7-11(8-6-10)17-9-12(16)15-14-4/h5-8,14H,9H2,1-4H3,(H,15,16). The molecule has 0 radical (unpaired) electrons. The predicted molar refractivity (Wildman–Crippen MR) is 67.8 cm³/mol. The van der Waals surface area contributed by atoms with E-state index in [-0.39, 0.29) is 17.9 Å². The van der Waals surface area contributed by atoms with Crippen molar-refractivity contribution in [1.29, 1.82) is 0 Å². The third kappa shape index (κ3) is 4.44. The van der Waals surface area contributed by atoms with Gasteiger partial charge in [-0.05, 0) is 23.1 Å². The molecule has 0 saturated carbocycles. The van der Waals surface area contributed by atoms with Crippen molar-refractivity contribution < 1.29 is 9.53 Å². The van der Waals surface area contributed by atoms with Gasteiger partial charge < -0.3 is 4.74 Å². The molecule has 0 unspecified atom stereocenters. The second-order valence-corrected chi connectivity index (χ2v) is 4.86. The van der Waals surface area contributed by atoms with Gasteiger partial charge in [-0.15, -0.1) is 0 Å². The number of benzene rings is 1. The summed E-state index contributed by atoms with van der Waals surface area (Å²) in [5, 5.41) is 0. The second kappa shape index (κ2) is 5.68. The fourth-order valence-corrected chi connectivity index (χ4v) is 1.38. The van der Waals surface area contributed by atoms with Crippen molar-refractivity contribution in [3.63, 3.8) is 0 Å². The van der Waals surface area contributed by atoms with Crippen molar-refractivity contribution in [2.75, 3.05) is 13.7 Å². The lowest BCUT2D eigenvalue weighted by Gasteiger charge is -2.19. The van der Waals surface area contributed by atoms with Gasteiger partial charge in [0.05, 0.1) is 0 Å². The summed E-state index contributed by atoms with van der Waals surface area (Å²) in [6.45, 7) is 6.48. The van der Waals surface area contributed by atoms with Crippen LogP contribution in [0.3, 0.4) is 0 Å². The van der Waals surface area contributed by atoms with Crippen molar-refractivity contribution in [3.05, 3.63) is 29.8 Å². The number of ether oxygens (including phenoxy) is 1. The third-order valence-electron chi connectivity index (χ3n) is 2.35. The lowest BCUT2D eigenvalue weighted by atomic mass is 9.87. The fourth-order valence-electron chi connectivity index (χ4n) is 1.38. The Labute approximate surface area is 102 Å². The number of rotatable bonds is 4. The van der Waals surface area contributed by atoms with Crippen LogP contribution in [0.4, 0.5) is 0 Å². The summed E-state index contributed by atoms with van der Waals surface area (Å²) in [4.78, 5) is 11.1. The highest BCUT2D eigenvalue weighted by Crippen LogP contribution is 2.24. The van der Waals surface area contributed by atoms with Crippen LogP contribution < -0.4 is 15.6 Å². The maximum Gasteiger partial charge on any atom is 0.271 e. The average molecular weight is 236 g/mol. The van der Waals surface area contributed by atoms with E-state index in [1.807, 2.05) is 24.3 Å². The van der Waals surface area contributed by atoms with Crippen molar-refractivity contribution >= 4 is 5.91 Å². The molecule has 4 nitrogen and oxygen atoms in total. The summed E-state index contributed by atoms with van der Waals surface area (Å²) in [5.74, 6) is 0.497. The van der Waals surface area contributed by atoms with Crippen molar-refractivity contribution in [2.24, 2.45) is 0 Å². The molecule has 0 aliphatic heterocycles. The van der Waals surface area contributed by atoms with Gasteiger partial charge in [0.25, 0.3) is 5.91 Å². The molecular weight excluding hydrogens is 216 g/mol. The zero-order chi connectivity index (χ0) is 12.9. The largest absolute Gasteiger partial charge is 0.484 e.